The highest BCUT2D eigenvalue weighted by atomic mass is 16.5. The smallest absolute Gasteiger partial charge is 0.312 e. The molecule has 4 heteroatoms. The molecular weight excluding hydrogens is 228 g/mol. The van der Waals surface area contributed by atoms with Gasteiger partial charge in [-0.05, 0) is 46.1 Å². The third-order valence-corrected chi connectivity index (χ3v) is 4.02. The average molecular weight is 254 g/mol. The van der Waals surface area contributed by atoms with Crippen LogP contribution in [0, 0.1) is 5.41 Å². The molecule has 0 spiro atoms. The predicted molar refractivity (Wildman–Crippen MR) is 71.4 cm³/mol. The number of carbonyl (C=O) groups excluding carboxylic acids is 1. The highest BCUT2D eigenvalue weighted by Crippen LogP contribution is 2.31. The van der Waals surface area contributed by atoms with E-state index in [1.165, 1.54) is 32.8 Å². The van der Waals surface area contributed by atoms with E-state index >= 15 is 0 Å². The van der Waals surface area contributed by atoms with E-state index in [0.29, 0.717) is 12.1 Å². The second-order valence-electron chi connectivity index (χ2n) is 6.33. The summed E-state index contributed by atoms with van der Waals surface area (Å²) in [7, 11) is 1.48. The zero-order valence-electron chi connectivity index (χ0n) is 11.9. The van der Waals surface area contributed by atoms with Crippen molar-refractivity contribution in [3.8, 4) is 0 Å². The quantitative estimate of drug-likeness (QED) is 0.728. The van der Waals surface area contributed by atoms with Crippen LogP contribution in [0.3, 0.4) is 0 Å². The Labute approximate surface area is 110 Å². The first kappa shape index (κ1) is 13.8. The Morgan fingerprint density at radius 1 is 1.39 bits per heavy atom. The summed E-state index contributed by atoms with van der Waals surface area (Å²) in [6.45, 7) is 6.99. The van der Waals surface area contributed by atoms with Crippen LogP contribution in [0.15, 0.2) is 0 Å². The molecule has 2 aliphatic rings. The summed E-state index contributed by atoms with van der Waals surface area (Å²) in [4.78, 5) is 14.3. The molecule has 1 aliphatic heterocycles. The zero-order chi connectivity index (χ0) is 13.2. The topological polar surface area (TPSA) is 41.6 Å². The maximum Gasteiger partial charge on any atom is 0.312 e. The Kier molecular flexibility index (Phi) is 4.28. The van der Waals surface area contributed by atoms with E-state index in [0.717, 1.165) is 19.6 Å². The van der Waals surface area contributed by atoms with E-state index in [9.17, 15) is 4.79 Å². The van der Waals surface area contributed by atoms with Gasteiger partial charge in [-0.2, -0.15) is 0 Å². The first-order valence-corrected chi connectivity index (χ1v) is 7.09. The minimum absolute atomic E-state index is 0.104. The number of esters is 1. The van der Waals surface area contributed by atoms with Crippen LogP contribution in [-0.2, 0) is 9.53 Å². The van der Waals surface area contributed by atoms with Crippen LogP contribution >= 0.6 is 0 Å². The van der Waals surface area contributed by atoms with Gasteiger partial charge in [-0.3, -0.25) is 9.69 Å². The van der Waals surface area contributed by atoms with E-state index in [1.54, 1.807) is 0 Å². The zero-order valence-corrected chi connectivity index (χ0v) is 11.9. The number of rotatable bonds is 6. The Hall–Kier alpha value is -0.610. The van der Waals surface area contributed by atoms with Gasteiger partial charge < -0.3 is 10.1 Å². The molecule has 0 aromatic carbocycles. The average Bonchev–Trinajstić information content (AvgIpc) is 3.06. The standard InChI is InChI=1S/C14H26N2O2/c1-14(2,13(17)18-3)10-16(12-6-7-12)9-11-5-4-8-15-11/h11-12,15H,4-10H2,1-3H3. The first-order valence-electron chi connectivity index (χ1n) is 7.09. The van der Waals surface area contributed by atoms with Gasteiger partial charge in [0.15, 0.2) is 0 Å². The SMILES string of the molecule is COC(=O)C(C)(C)CN(CC1CCCN1)C1CC1. The monoisotopic (exact) mass is 254 g/mol. The Morgan fingerprint density at radius 3 is 2.61 bits per heavy atom. The fourth-order valence-corrected chi connectivity index (χ4v) is 2.83. The molecule has 1 N–H and O–H groups in total. The van der Waals surface area contributed by atoms with Crippen LogP contribution in [0.5, 0.6) is 0 Å². The lowest BCUT2D eigenvalue weighted by Gasteiger charge is -2.32. The fraction of sp³-hybridized carbons (Fsp3) is 0.929. The Bertz CT molecular complexity index is 294. The summed E-state index contributed by atoms with van der Waals surface area (Å²) in [5.41, 5.74) is -0.407. The molecule has 1 heterocycles. The predicted octanol–water partition coefficient (Wildman–Crippen LogP) is 1.40. The molecule has 18 heavy (non-hydrogen) atoms. The maximum absolute atomic E-state index is 11.8. The van der Waals surface area contributed by atoms with Gasteiger partial charge in [0, 0.05) is 25.2 Å². The number of hydrogen-bond acceptors (Lipinski definition) is 4. The number of hydrogen-bond donors (Lipinski definition) is 1. The molecular formula is C14H26N2O2. The molecule has 1 atom stereocenters. The van der Waals surface area contributed by atoms with Gasteiger partial charge in [-0.15, -0.1) is 0 Å². The van der Waals surface area contributed by atoms with Crippen LogP contribution in [0.4, 0.5) is 0 Å². The van der Waals surface area contributed by atoms with E-state index in [-0.39, 0.29) is 5.97 Å². The normalized spacial score (nSPS) is 24.6. The molecule has 2 fully saturated rings. The molecule has 2 rings (SSSR count). The highest BCUT2D eigenvalue weighted by molar-refractivity contribution is 5.76. The van der Waals surface area contributed by atoms with Crippen LogP contribution in [0.1, 0.15) is 39.5 Å². The highest BCUT2D eigenvalue weighted by Gasteiger charge is 2.38. The van der Waals surface area contributed by atoms with Crippen LogP contribution < -0.4 is 5.32 Å². The maximum atomic E-state index is 11.8. The Balaban J connectivity index is 1.91. The molecule has 0 aromatic heterocycles. The van der Waals surface area contributed by atoms with Crippen molar-refractivity contribution >= 4 is 5.97 Å². The van der Waals surface area contributed by atoms with Crippen molar-refractivity contribution in [3.63, 3.8) is 0 Å². The number of nitrogens with zero attached hydrogens (tertiary/aromatic N) is 1. The van der Waals surface area contributed by atoms with Gasteiger partial charge >= 0.3 is 5.97 Å². The van der Waals surface area contributed by atoms with Crippen LogP contribution in [0.2, 0.25) is 0 Å². The first-order chi connectivity index (χ1) is 8.53. The third-order valence-electron chi connectivity index (χ3n) is 4.02. The van der Waals surface area contributed by atoms with Gasteiger partial charge in [0.05, 0.1) is 12.5 Å². The molecule has 4 nitrogen and oxygen atoms in total. The van der Waals surface area contributed by atoms with Gasteiger partial charge in [-0.1, -0.05) is 0 Å². The molecule has 0 bridgehead atoms. The third kappa shape index (κ3) is 3.45. The van der Waals surface area contributed by atoms with E-state index < -0.39 is 5.41 Å². The summed E-state index contributed by atoms with van der Waals surface area (Å²) in [6, 6.07) is 1.30. The van der Waals surface area contributed by atoms with Crippen molar-refractivity contribution in [2.75, 3.05) is 26.7 Å². The van der Waals surface area contributed by atoms with Gasteiger partial charge in [0.1, 0.15) is 0 Å². The minimum Gasteiger partial charge on any atom is -0.469 e. The van der Waals surface area contributed by atoms with E-state index in [2.05, 4.69) is 10.2 Å². The van der Waals surface area contributed by atoms with Gasteiger partial charge in [-0.25, -0.2) is 0 Å². The van der Waals surface area contributed by atoms with Crippen molar-refractivity contribution in [3.05, 3.63) is 0 Å². The summed E-state index contributed by atoms with van der Waals surface area (Å²) in [6.07, 6.45) is 5.11. The van der Waals surface area contributed by atoms with Crippen LogP contribution in [0.25, 0.3) is 0 Å². The van der Waals surface area contributed by atoms with Gasteiger partial charge in [0.2, 0.25) is 0 Å². The number of carbonyl (C=O) groups is 1. The Morgan fingerprint density at radius 2 is 2.11 bits per heavy atom. The number of ether oxygens (including phenoxy) is 1. The number of methoxy groups -OCH3 is 1. The fourth-order valence-electron chi connectivity index (χ4n) is 2.83. The van der Waals surface area contributed by atoms with E-state index in [1.807, 2.05) is 13.8 Å². The lowest BCUT2D eigenvalue weighted by molar-refractivity contribution is -0.151. The second kappa shape index (κ2) is 5.57. The summed E-state index contributed by atoms with van der Waals surface area (Å²) in [5.74, 6) is -0.104. The molecule has 1 saturated heterocycles. The van der Waals surface area contributed by atoms with Crippen molar-refractivity contribution < 1.29 is 9.53 Å². The summed E-state index contributed by atoms with van der Waals surface area (Å²) >= 11 is 0. The molecule has 0 radical (unpaired) electrons. The molecule has 1 aliphatic carbocycles. The van der Waals surface area contributed by atoms with Crippen molar-refractivity contribution in [1.82, 2.24) is 10.2 Å². The molecule has 1 unspecified atom stereocenters. The molecule has 0 aromatic rings. The molecule has 104 valence electrons. The summed E-state index contributed by atoms with van der Waals surface area (Å²) in [5, 5.41) is 3.54. The van der Waals surface area contributed by atoms with Crippen molar-refractivity contribution in [2.45, 2.75) is 51.6 Å². The molecule has 0 amide bonds. The minimum atomic E-state index is -0.407. The van der Waals surface area contributed by atoms with E-state index in [4.69, 9.17) is 4.74 Å². The molecule has 1 saturated carbocycles. The number of nitrogens with one attached hydrogen (secondary N) is 1. The summed E-state index contributed by atoms with van der Waals surface area (Å²) < 4.78 is 4.90. The van der Waals surface area contributed by atoms with Crippen molar-refractivity contribution in [2.24, 2.45) is 5.41 Å². The van der Waals surface area contributed by atoms with Crippen molar-refractivity contribution in [1.29, 1.82) is 0 Å². The lowest BCUT2D eigenvalue weighted by atomic mass is 9.92. The lowest BCUT2D eigenvalue weighted by Crippen LogP contribution is -2.45. The second-order valence-corrected chi connectivity index (χ2v) is 6.33. The van der Waals surface area contributed by atoms with Crippen LogP contribution in [-0.4, -0.2) is 49.7 Å². The largest absolute Gasteiger partial charge is 0.469 e. The van der Waals surface area contributed by atoms with Gasteiger partial charge in [0.25, 0.3) is 0 Å².